The molecule has 7 heteroatoms. The first-order valence-electron chi connectivity index (χ1n) is 10.0. The first kappa shape index (κ1) is 20.5. The van der Waals surface area contributed by atoms with Crippen molar-refractivity contribution in [3.8, 4) is 23.3 Å². The number of anilines is 1. The van der Waals surface area contributed by atoms with Gasteiger partial charge in [0.05, 0.1) is 25.5 Å². The molecule has 7 nitrogen and oxygen atoms in total. The summed E-state index contributed by atoms with van der Waals surface area (Å²) in [5.41, 5.74) is 2.76. The molecule has 2 aromatic carbocycles. The normalized spacial score (nSPS) is 18.5. The third kappa shape index (κ3) is 3.40. The molecule has 0 fully saturated rings. The number of allylic oxidation sites excluding steroid dienone is 2. The van der Waals surface area contributed by atoms with Crippen LogP contribution >= 0.6 is 0 Å². The van der Waals surface area contributed by atoms with Gasteiger partial charge >= 0.3 is 0 Å². The number of phenols is 1. The van der Waals surface area contributed by atoms with Crippen molar-refractivity contribution < 1.29 is 24.2 Å². The standard InChI is InChI=1S/C24H22N2O5/c1-30-20-10-15(11-21(31-2)24(20)29)16-12-22(28)26(17-7-4-3-6-14(17)13-25)18-8-5-9-19(27)23(16)18/h3-4,6-7,10-11,16,29H,5,8-9,12H2,1-2H3. The minimum Gasteiger partial charge on any atom is -0.502 e. The van der Waals surface area contributed by atoms with Crippen LogP contribution < -0.4 is 14.4 Å². The van der Waals surface area contributed by atoms with Gasteiger partial charge in [0.15, 0.2) is 17.3 Å². The number of carbonyl (C=O) groups excluding carboxylic acids is 2. The molecule has 158 valence electrons. The zero-order chi connectivity index (χ0) is 22.1. The van der Waals surface area contributed by atoms with E-state index in [0.717, 1.165) is 0 Å². The summed E-state index contributed by atoms with van der Waals surface area (Å²) < 4.78 is 10.5. The van der Waals surface area contributed by atoms with Crippen molar-refractivity contribution in [2.45, 2.75) is 31.6 Å². The lowest BCUT2D eigenvalue weighted by Gasteiger charge is -2.38. The first-order chi connectivity index (χ1) is 15.0. The molecule has 4 rings (SSSR count). The number of para-hydroxylation sites is 1. The highest BCUT2D eigenvalue weighted by Crippen LogP contribution is 2.47. The molecule has 1 atom stereocenters. The van der Waals surface area contributed by atoms with Crippen LogP contribution in [-0.4, -0.2) is 31.0 Å². The van der Waals surface area contributed by atoms with Crippen LogP contribution in [0, 0.1) is 11.3 Å². The molecule has 0 saturated heterocycles. The van der Waals surface area contributed by atoms with E-state index in [0.29, 0.717) is 47.3 Å². The highest BCUT2D eigenvalue weighted by molar-refractivity contribution is 6.08. The van der Waals surface area contributed by atoms with Crippen LogP contribution in [0.25, 0.3) is 0 Å². The van der Waals surface area contributed by atoms with Gasteiger partial charge in [-0.2, -0.15) is 5.26 Å². The second-order valence-electron chi connectivity index (χ2n) is 7.53. The van der Waals surface area contributed by atoms with Crippen molar-refractivity contribution in [2.24, 2.45) is 0 Å². The summed E-state index contributed by atoms with van der Waals surface area (Å²) in [5, 5.41) is 19.8. The van der Waals surface area contributed by atoms with Crippen molar-refractivity contribution in [3.63, 3.8) is 0 Å². The number of Topliss-reactive ketones (excluding diaryl/α,β-unsaturated/α-hetero) is 1. The van der Waals surface area contributed by atoms with E-state index in [2.05, 4.69) is 6.07 Å². The van der Waals surface area contributed by atoms with Crippen molar-refractivity contribution in [2.75, 3.05) is 19.1 Å². The van der Waals surface area contributed by atoms with Crippen LogP contribution in [0.5, 0.6) is 17.2 Å². The number of hydrogen-bond donors (Lipinski definition) is 1. The molecule has 2 aliphatic rings. The van der Waals surface area contributed by atoms with Gasteiger partial charge in [-0.3, -0.25) is 14.5 Å². The van der Waals surface area contributed by atoms with E-state index in [4.69, 9.17) is 9.47 Å². The molecule has 2 aromatic rings. The Morgan fingerprint density at radius 1 is 1.10 bits per heavy atom. The molecule has 1 unspecified atom stereocenters. The third-order valence-corrected chi connectivity index (χ3v) is 5.85. The average Bonchev–Trinajstić information content (AvgIpc) is 2.79. The average molecular weight is 418 g/mol. The molecule has 31 heavy (non-hydrogen) atoms. The Morgan fingerprint density at radius 3 is 2.42 bits per heavy atom. The predicted octanol–water partition coefficient (Wildman–Crippen LogP) is 3.81. The summed E-state index contributed by atoms with van der Waals surface area (Å²) in [5.74, 6) is -0.390. The van der Waals surface area contributed by atoms with E-state index in [1.165, 1.54) is 19.1 Å². The molecule has 0 aromatic heterocycles. The number of amides is 1. The summed E-state index contributed by atoms with van der Waals surface area (Å²) in [6.45, 7) is 0. The van der Waals surface area contributed by atoms with Crippen LogP contribution in [0.2, 0.25) is 0 Å². The molecular formula is C24H22N2O5. The Hall–Kier alpha value is -3.79. The molecule has 0 radical (unpaired) electrons. The number of benzene rings is 2. The van der Waals surface area contributed by atoms with Gasteiger partial charge in [0.2, 0.25) is 11.7 Å². The van der Waals surface area contributed by atoms with Crippen LogP contribution in [0.3, 0.4) is 0 Å². The van der Waals surface area contributed by atoms with E-state index in [1.807, 2.05) is 0 Å². The number of carbonyl (C=O) groups is 2. The smallest absolute Gasteiger partial charge is 0.232 e. The number of ketones is 1. The van der Waals surface area contributed by atoms with Gasteiger partial charge in [0.25, 0.3) is 0 Å². The quantitative estimate of drug-likeness (QED) is 0.811. The monoisotopic (exact) mass is 418 g/mol. The predicted molar refractivity (Wildman–Crippen MR) is 113 cm³/mol. The highest BCUT2D eigenvalue weighted by Gasteiger charge is 2.40. The number of nitriles is 1. The Balaban J connectivity index is 1.91. The summed E-state index contributed by atoms with van der Waals surface area (Å²) in [4.78, 5) is 27.9. The van der Waals surface area contributed by atoms with E-state index in [-0.39, 0.29) is 35.4 Å². The Bertz CT molecular complexity index is 1120. The zero-order valence-corrected chi connectivity index (χ0v) is 17.3. The van der Waals surface area contributed by atoms with E-state index >= 15 is 0 Å². The number of nitrogens with zero attached hydrogens (tertiary/aromatic N) is 2. The van der Waals surface area contributed by atoms with Gasteiger partial charge in [0, 0.05) is 30.0 Å². The minimum atomic E-state index is -0.482. The number of hydrogen-bond acceptors (Lipinski definition) is 6. The van der Waals surface area contributed by atoms with Crippen LogP contribution in [0.1, 0.15) is 42.7 Å². The number of ether oxygens (including phenoxy) is 2. The van der Waals surface area contributed by atoms with Gasteiger partial charge in [-0.25, -0.2) is 0 Å². The fourth-order valence-corrected chi connectivity index (χ4v) is 4.44. The lowest BCUT2D eigenvalue weighted by molar-refractivity contribution is -0.119. The molecule has 0 spiro atoms. The third-order valence-electron chi connectivity index (χ3n) is 5.85. The van der Waals surface area contributed by atoms with Crippen molar-refractivity contribution in [3.05, 3.63) is 58.8 Å². The van der Waals surface area contributed by atoms with Crippen LogP contribution in [0.15, 0.2) is 47.7 Å². The Labute approximate surface area is 180 Å². The van der Waals surface area contributed by atoms with E-state index in [9.17, 15) is 20.0 Å². The maximum atomic E-state index is 13.3. The molecule has 1 aliphatic heterocycles. The lowest BCUT2D eigenvalue weighted by atomic mass is 9.77. The summed E-state index contributed by atoms with van der Waals surface area (Å²) in [7, 11) is 2.86. The summed E-state index contributed by atoms with van der Waals surface area (Å²) in [6.07, 6.45) is 1.67. The number of aromatic hydroxyl groups is 1. The number of rotatable bonds is 4. The Morgan fingerprint density at radius 2 is 1.77 bits per heavy atom. The van der Waals surface area contributed by atoms with Crippen LogP contribution in [0.4, 0.5) is 5.69 Å². The molecule has 1 N–H and O–H groups in total. The second kappa shape index (κ2) is 8.15. The van der Waals surface area contributed by atoms with Crippen molar-refractivity contribution in [1.82, 2.24) is 0 Å². The van der Waals surface area contributed by atoms with Crippen LogP contribution in [-0.2, 0) is 9.59 Å². The SMILES string of the molecule is COc1cc(C2CC(=O)N(c3ccccc3C#N)C3=C2C(=O)CCC3)cc(OC)c1O. The van der Waals surface area contributed by atoms with Gasteiger partial charge in [-0.1, -0.05) is 12.1 Å². The van der Waals surface area contributed by atoms with Crippen molar-refractivity contribution in [1.29, 1.82) is 5.26 Å². The van der Waals surface area contributed by atoms with Gasteiger partial charge in [-0.05, 0) is 42.7 Å². The molecule has 0 bridgehead atoms. The molecule has 0 saturated carbocycles. The molecule has 1 aliphatic carbocycles. The van der Waals surface area contributed by atoms with Gasteiger partial charge in [-0.15, -0.1) is 0 Å². The molecular weight excluding hydrogens is 396 g/mol. The largest absolute Gasteiger partial charge is 0.502 e. The molecule has 1 amide bonds. The highest BCUT2D eigenvalue weighted by atomic mass is 16.5. The minimum absolute atomic E-state index is 0.0100. The molecule has 1 heterocycles. The maximum Gasteiger partial charge on any atom is 0.232 e. The van der Waals surface area contributed by atoms with Gasteiger partial charge < -0.3 is 14.6 Å². The fourth-order valence-electron chi connectivity index (χ4n) is 4.44. The zero-order valence-electron chi connectivity index (χ0n) is 17.3. The first-order valence-corrected chi connectivity index (χ1v) is 10.0. The maximum absolute atomic E-state index is 13.3. The number of methoxy groups -OCH3 is 2. The van der Waals surface area contributed by atoms with E-state index < -0.39 is 5.92 Å². The lowest BCUT2D eigenvalue weighted by Crippen LogP contribution is -2.40. The number of phenolic OH excluding ortho intramolecular Hbond substituents is 1. The van der Waals surface area contributed by atoms with Crippen molar-refractivity contribution >= 4 is 17.4 Å². The second-order valence-corrected chi connectivity index (χ2v) is 7.53. The van der Waals surface area contributed by atoms with Gasteiger partial charge in [0.1, 0.15) is 6.07 Å². The van der Waals surface area contributed by atoms with E-state index in [1.54, 1.807) is 36.4 Å². The Kier molecular flexibility index (Phi) is 5.38. The topological polar surface area (TPSA) is 99.9 Å². The fraction of sp³-hybridized carbons (Fsp3) is 0.292. The summed E-state index contributed by atoms with van der Waals surface area (Å²) in [6, 6.07) is 12.3. The summed E-state index contributed by atoms with van der Waals surface area (Å²) >= 11 is 0.